The molecule has 0 unspecified atom stereocenters. The van der Waals surface area contributed by atoms with Crippen LogP contribution in [0.25, 0.3) is 22.4 Å². The zero-order valence-electron chi connectivity index (χ0n) is 20.9. The van der Waals surface area contributed by atoms with E-state index in [9.17, 15) is 13.6 Å². The molecule has 1 amide bonds. The highest BCUT2D eigenvalue weighted by Crippen LogP contribution is 2.37. The summed E-state index contributed by atoms with van der Waals surface area (Å²) < 4.78 is 41.9. The third kappa shape index (κ3) is 7.35. The van der Waals surface area contributed by atoms with E-state index in [1.54, 1.807) is 6.92 Å². The third-order valence-electron chi connectivity index (χ3n) is 5.95. The van der Waals surface area contributed by atoms with E-state index in [4.69, 9.17) is 14.9 Å². The number of ether oxygens (including phenoxy) is 2. The first kappa shape index (κ1) is 30.1. The zero-order valence-corrected chi connectivity index (χ0v) is 22.6. The fourth-order valence-electron chi connectivity index (χ4n) is 3.83. The van der Waals surface area contributed by atoms with Crippen LogP contribution in [0.5, 0.6) is 11.5 Å². The highest BCUT2D eigenvalue weighted by Gasteiger charge is 2.26. The topological polar surface area (TPSA) is 113 Å². The molecule has 1 aliphatic carbocycles. The van der Waals surface area contributed by atoms with Gasteiger partial charge in [0.05, 0.1) is 30.4 Å². The lowest BCUT2D eigenvalue weighted by Gasteiger charge is -2.12. The predicted molar refractivity (Wildman–Crippen MR) is 147 cm³/mol. The summed E-state index contributed by atoms with van der Waals surface area (Å²) in [6.45, 7) is -0.734. The lowest BCUT2D eigenvalue weighted by Crippen LogP contribution is -2.25. The van der Waals surface area contributed by atoms with Crippen LogP contribution in [-0.2, 0) is 6.54 Å². The summed E-state index contributed by atoms with van der Waals surface area (Å²) in [5.74, 6) is 0.313. The van der Waals surface area contributed by atoms with Gasteiger partial charge < -0.3 is 24.9 Å². The van der Waals surface area contributed by atoms with Crippen molar-refractivity contribution < 1.29 is 27.5 Å². The summed E-state index contributed by atoms with van der Waals surface area (Å²) >= 11 is 0. The molecule has 0 radical (unpaired) electrons. The van der Waals surface area contributed by atoms with Crippen molar-refractivity contribution in [1.82, 2.24) is 15.3 Å². The second-order valence-corrected chi connectivity index (χ2v) is 8.99. The van der Waals surface area contributed by atoms with Gasteiger partial charge in [-0.2, -0.15) is 8.78 Å². The molecule has 2 aromatic carbocycles. The molecular weight excluding hydrogens is 553 g/mol. The van der Waals surface area contributed by atoms with Crippen molar-refractivity contribution in [2.75, 3.05) is 6.61 Å². The zero-order chi connectivity index (χ0) is 25.9. The number of alkyl halides is 2. The standard InChI is InChI=1S/C27H26F2N4O4.2ClH/c1-15(30)24-23(25(34)31-13-19-10-8-17-4-2-3-5-20(17)32-19)33-26(37-24)18-9-11-21(36-27(28)29)22(12-18)35-14-16-6-7-16;;/h2-5,8-12,15-16,27H,6-7,13-14,30H2,1H3,(H,31,34);2*1H/t15-;;/m0../s1. The predicted octanol–water partition coefficient (Wildman–Crippen LogP) is 6.07. The average Bonchev–Trinajstić information content (AvgIpc) is 3.61. The molecule has 39 heavy (non-hydrogen) atoms. The molecule has 5 rings (SSSR count). The van der Waals surface area contributed by atoms with Gasteiger partial charge in [0.15, 0.2) is 23.0 Å². The Kier molecular flexibility index (Phi) is 10.1. The molecule has 2 aromatic heterocycles. The van der Waals surface area contributed by atoms with Gasteiger partial charge in [0.2, 0.25) is 5.89 Å². The highest BCUT2D eigenvalue weighted by atomic mass is 35.5. The van der Waals surface area contributed by atoms with E-state index in [2.05, 4.69) is 20.0 Å². The van der Waals surface area contributed by atoms with Crippen molar-refractivity contribution in [3.63, 3.8) is 0 Å². The first-order valence-corrected chi connectivity index (χ1v) is 12.0. The van der Waals surface area contributed by atoms with E-state index in [0.717, 1.165) is 23.7 Å². The molecule has 1 atom stereocenters. The molecule has 8 nitrogen and oxygen atoms in total. The maximum absolute atomic E-state index is 13.0. The van der Waals surface area contributed by atoms with Crippen LogP contribution >= 0.6 is 24.8 Å². The Labute approximate surface area is 236 Å². The Hall–Kier alpha value is -3.47. The number of amides is 1. The molecule has 3 N–H and O–H groups in total. The summed E-state index contributed by atoms with van der Waals surface area (Å²) in [5.41, 5.74) is 8.04. The largest absolute Gasteiger partial charge is 0.489 e. The SMILES string of the molecule is C[C@H](N)c1oc(-c2ccc(OC(F)F)c(OCC3CC3)c2)nc1C(=O)NCc1ccc2ccccc2n1.Cl.Cl. The minimum Gasteiger partial charge on any atom is -0.489 e. The van der Waals surface area contributed by atoms with Crippen LogP contribution in [0.3, 0.4) is 0 Å². The molecule has 1 fully saturated rings. The van der Waals surface area contributed by atoms with Crippen LogP contribution in [0.15, 0.2) is 59.0 Å². The van der Waals surface area contributed by atoms with Crippen LogP contribution in [0, 0.1) is 5.92 Å². The number of aromatic nitrogens is 2. The number of para-hydroxylation sites is 1. The van der Waals surface area contributed by atoms with Crippen molar-refractivity contribution in [3.8, 4) is 23.0 Å². The number of carbonyl (C=O) groups is 1. The minimum absolute atomic E-state index is 0. The van der Waals surface area contributed by atoms with E-state index in [0.29, 0.717) is 23.8 Å². The van der Waals surface area contributed by atoms with Crippen LogP contribution in [0.2, 0.25) is 0 Å². The van der Waals surface area contributed by atoms with Crippen molar-refractivity contribution >= 4 is 41.6 Å². The van der Waals surface area contributed by atoms with E-state index in [-0.39, 0.29) is 60.2 Å². The van der Waals surface area contributed by atoms with Crippen LogP contribution < -0.4 is 20.5 Å². The van der Waals surface area contributed by atoms with Gasteiger partial charge in [-0.25, -0.2) is 4.98 Å². The number of hydrogen-bond donors (Lipinski definition) is 2. The van der Waals surface area contributed by atoms with Crippen molar-refractivity contribution in [1.29, 1.82) is 0 Å². The average molecular weight is 581 g/mol. The number of fused-ring (bicyclic) bond motifs is 1. The Morgan fingerprint density at radius 3 is 2.59 bits per heavy atom. The molecule has 0 bridgehead atoms. The summed E-state index contributed by atoms with van der Waals surface area (Å²) in [5, 5.41) is 3.82. The first-order valence-electron chi connectivity index (χ1n) is 12.0. The fourth-order valence-corrected chi connectivity index (χ4v) is 3.83. The molecule has 12 heteroatoms. The van der Waals surface area contributed by atoms with Crippen LogP contribution in [-0.4, -0.2) is 29.1 Å². The number of benzene rings is 2. The number of oxazole rings is 1. The monoisotopic (exact) mass is 580 g/mol. The van der Waals surface area contributed by atoms with Gasteiger partial charge in [-0.05, 0) is 56.0 Å². The number of halogens is 4. The van der Waals surface area contributed by atoms with E-state index in [1.807, 2.05) is 36.4 Å². The van der Waals surface area contributed by atoms with Gasteiger partial charge in [0, 0.05) is 10.9 Å². The quantitative estimate of drug-likeness (QED) is 0.234. The molecule has 0 saturated heterocycles. The summed E-state index contributed by atoms with van der Waals surface area (Å²) in [6, 6.07) is 15.3. The first-order chi connectivity index (χ1) is 17.9. The molecule has 208 valence electrons. The highest BCUT2D eigenvalue weighted by molar-refractivity contribution is 5.94. The van der Waals surface area contributed by atoms with Crippen molar-refractivity contribution in [3.05, 3.63) is 71.7 Å². The molecule has 0 aliphatic heterocycles. The summed E-state index contributed by atoms with van der Waals surface area (Å²) in [4.78, 5) is 22.0. The van der Waals surface area contributed by atoms with Crippen LogP contribution in [0.4, 0.5) is 8.78 Å². The summed E-state index contributed by atoms with van der Waals surface area (Å²) in [6.07, 6.45) is 2.07. The molecule has 0 spiro atoms. The Bertz CT molecular complexity index is 1430. The number of rotatable bonds is 10. The lowest BCUT2D eigenvalue weighted by molar-refractivity contribution is -0.0515. The number of nitrogens with one attached hydrogen (secondary N) is 1. The Morgan fingerprint density at radius 1 is 1.10 bits per heavy atom. The van der Waals surface area contributed by atoms with E-state index < -0.39 is 18.6 Å². The minimum atomic E-state index is -2.99. The van der Waals surface area contributed by atoms with Gasteiger partial charge in [-0.15, -0.1) is 24.8 Å². The molecule has 1 aliphatic rings. The fraction of sp³-hybridized carbons (Fsp3) is 0.296. The van der Waals surface area contributed by atoms with Gasteiger partial charge >= 0.3 is 6.61 Å². The van der Waals surface area contributed by atoms with E-state index in [1.165, 1.54) is 18.2 Å². The van der Waals surface area contributed by atoms with Gasteiger partial charge in [-0.1, -0.05) is 24.3 Å². The van der Waals surface area contributed by atoms with Gasteiger partial charge in [-0.3, -0.25) is 9.78 Å². The summed E-state index contributed by atoms with van der Waals surface area (Å²) in [7, 11) is 0. The normalized spacial score (nSPS) is 13.4. The molecular formula is C27H28Cl2F2N4O4. The molecule has 1 saturated carbocycles. The number of pyridine rings is 1. The number of nitrogens with two attached hydrogens (primary N) is 1. The second-order valence-electron chi connectivity index (χ2n) is 8.99. The number of nitrogens with zero attached hydrogens (tertiary/aromatic N) is 2. The van der Waals surface area contributed by atoms with Crippen molar-refractivity contribution in [2.24, 2.45) is 11.7 Å². The van der Waals surface area contributed by atoms with Gasteiger partial charge in [0.1, 0.15) is 0 Å². The second kappa shape index (κ2) is 13.1. The third-order valence-corrected chi connectivity index (χ3v) is 5.95. The Balaban J connectivity index is 0.00000210. The van der Waals surface area contributed by atoms with E-state index >= 15 is 0 Å². The Morgan fingerprint density at radius 2 is 1.87 bits per heavy atom. The molecule has 2 heterocycles. The van der Waals surface area contributed by atoms with Gasteiger partial charge in [0.25, 0.3) is 5.91 Å². The smallest absolute Gasteiger partial charge is 0.387 e. The maximum atomic E-state index is 13.0. The van der Waals surface area contributed by atoms with Crippen LogP contribution in [0.1, 0.15) is 47.7 Å². The maximum Gasteiger partial charge on any atom is 0.387 e. The number of carbonyl (C=O) groups excluding carboxylic acids is 1. The van der Waals surface area contributed by atoms with Crippen molar-refractivity contribution in [2.45, 2.75) is 39.0 Å². The number of hydrogen-bond acceptors (Lipinski definition) is 7. The lowest BCUT2D eigenvalue weighted by atomic mass is 10.2. The molecule has 4 aromatic rings.